The van der Waals surface area contributed by atoms with E-state index in [1.54, 1.807) is 18.2 Å². The highest BCUT2D eigenvalue weighted by Crippen LogP contribution is 2.25. The van der Waals surface area contributed by atoms with Crippen molar-refractivity contribution in [3.05, 3.63) is 28.8 Å². The summed E-state index contributed by atoms with van der Waals surface area (Å²) in [6.45, 7) is 1.14. The molecule has 1 aliphatic heterocycles. The van der Waals surface area contributed by atoms with Gasteiger partial charge in [0.05, 0.1) is 17.0 Å². The van der Waals surface area contributed by atoms with E-state index < -0.39 is 5.97 Å². The van der Waals surface area contributed by atoms with Crippen LogP contribution in [0.3, 0.4) is 0 Å². The lowest BCUT2D eigenvalue weighted by Gasteiger charge is -2.19. The summed E-state index contributed by atoms with van der Waals surface area (Å²) in [5.41, 5.74) is 0.821. The molecular weight excluding hydrogens is 310 g/mol. The molecule has 1 saturated heterocycles. The normalized spacial score (nSPS) is 13.9. The van der Waals surface area contributed by atoms with Gasteiger partial charge in [0.25, 0.3) is 5.91 Å². The van der Waals surface area contributed by atoms with E-state index in [0.717, 1.165) is 0 Å². The molecule has 2 rings (SSSR count). The first-order chi connectivity index (χ1) is 10.4. The second-order valence-corrected chi connectivity index (χ2v) is 5.33. The van der Waals surface area contributed by atoms with Gasteiger partial charge in [-0.2, -0.15) is 0 Å². The van der Waals surface area contributed by atoms with Crippen LogP contribution in [-0.4, -0.2) is 54.6 Å². The largest absolute Gasteiger partial charge is 0.481 e. The predicted octanol–water partition coefficient (Wildman–Crippen LogP) is 1.42. The SMILES string of the molecule is CN(CCC(=O)O)C(=O)c1cc(N2CCNC2=O)ccc1Cl. The summed E-state index contributed by atoms with van der Waals surface area (Å²) >= 11 is 6.06. The molecule has 8 heteroatoms. The molecule has 2 N–H and O–H groups in total. The van der Waals surface area contributed by atoms with Gasteiger partial charge in [0.15, 0.2) is 0 Å². The number of nitrogens with zero attached hydrogens (tertiary/aromatic N) is 2. The summed E-state index contributed by atoms with van der Waals surface area (Å²) in [5, 5.41) is 11.6. The van der Waals surface area contributed by atoms with Gasteiger partial charge in [-0.3, -0.25) is 14.5 Å². The van der Waals surface area contributed by atoms with Crippen molar-refractivity contribution >= 4 is 35.2 Å². The standard InChI is InChI=1S/C14H16ClN3O4/c1-17(6-4-12(19)20)13(21)10-8-9(2-3-11(10)15)18-7-5-16-14(18)22/h2-3,8H,4-7H2,1H3,(H,16,22)(H,19,20). The van der Waals surface area contributed by atoms with Crippen molar-refractivity contribution in [1.82, 2.24) is 10.2 Å². The summed E-state index contributed by atoms with van der Waals surface area (Å²) in [7, 11) is 1.51. The summed E-state index contributed by atoms with van der Waals surface area (Å²) in [6, 6.07) is 4.55. The Kier molecular flexibility index (Phi) is 4.87. The van der Waals surface area contributed by atoms with Crippen molar-refractivity contribution in [3.8, 4) is 0 Å². The molecular formula is C14H16ClN3O4. The Morgan fingerprint density at radius 3 is 2.77 bits per heavy atom. The van der Waals surface area contributed by atoms with Crippen LogP contribution in [0.4, 0.5) is 10.5 Å². The number of carboxylic acid groups (broad SMARTS) is 1. The first kappa shape index (κ1) is 16.1. The van der Waals surface area contributed by atoms with Gasteiger partial charge in [0.1, 0.15) is 0 Å². The molecule has 1 aromatic carbocycles. The molecule has 1 heterocycles. The number of halogens is 1. The number of carboxylic acids is 1. The predicted molar refractivity (Wildman–Crippen MR) is 81.4 cm³/mol. The first-order valence-electron chi connectivity index (χ1n) is 6.72. The van der Waals surface area contributed by atoms with Crippen molar-refractivity contribution in [1.29, 1.82) is 0 Å². The number of hydrogen-bond acceptors (Lipinski definition) is 3. The Morgan fingerprint density at radius 2 is 2.18 bits per heavy atom. The third-order valence-electron chi connectivity index (χ3n) is 3.36. The maximum Gasteiger partial charge on any atom is 0.321 e. The number of amides is 3. The maximum atomic E-state index is 12.4. The topological polar surface area (TPSA) is 90.0 Å². The van der Waals surface area contributed by atoms with Gasteiger partial charge < -0.3 is 15.3 Å². The fraction of sp³-hybridized carbons (Fsp3) is 0.357. The quantitative estimate of drug-likeness (QED) is 0.856. The molecule has 0 atom stereocenters. The number of anilines is 1. The zero-order chi connectivity index (χ0) is 16.3. The molecule has 0 spiro atoms. The Labute approximate surface area is 132 Å². The van der Waals surface area contributed by atoms with Gasteiger partial charge in [-0.15, -0.1) is 0 Å². The number of hydrogen-bond donors (Lipinski definition) is 2. The van der Waals surface area contributed by atoms with Crippen molar-refractivity contribution in [3.63, 3.8) is 0 Å². The Hall–Kier alpha value is -2.28. The number of urea groups is 1. The lowest BCUT2D eigenvalue weighted by molar-refractivity contribution is -0.137. The third-order valence-corrected chi connectivity index (χ3v) is 3.69. The molecule has 3 amide bonds. The Bertz CT molecular complexity index is 620. The van der Waals surface area contributed by atoms with Crippen LogP contribution in [0.25, 0.3) is 0 Å². The van der Waals surface area contributed by atoms with E-state index in [0.29, 0.717) is 18.8 Å². The highest BCUT2D eigenvalue weighted by molar-refractivity contribution is 6.34. The number of carbonyl (C=O) groups is 3. The van der Waals surface area contributed by atoms with Crippen LogP contribution in [-0.2, 0) is 4.79 Å². The molecule has 1 aliphatic rings. The van der Waals surface area contributed by atoms with Gasteiger partial charge in [0.2, 0.25) is 0 Å². The molecule has 0 saturated carbocycles. The van der Waals surface area contributed by atoms with Crippen molar-refractivity contribution in [2.75, 3.05) is 31.6 Å². The molecule has 1 fully saturated rings. The molecule has 1 aromatic rings. The second-order valence-electron chi connectivity index (χ2n) is 4.92. The molecule has 7 nitrogen and oxygen atoms in total. The summed E-state index contributed by atoms with van der Waals surface area (Å²) in [5.74, 6) is -1.36. The summed E-state index contributed by atoms with van der Waals surface area (Å²) in [6.07, 6.45) is -0.145. The highest BCUT2D eigenvalue weighted by Gasteiger charge is 2.23. The molecule has 0 radical (unpaired) electrons. The van der Waals surface area contributed by atoms with E-state index in [1.165, 1.54) is 16.8 Å². The van der Waals surface area contributed by atoms with Crippen LogP contribution < -0.4 is 10.2 Å². The van der Waals surface area contributed by atoms with Gasteiger partial charge in [-0.05, 0) is 18.2 Å². The maximum absolute atomic E-state index is 12.4. The fourth-order valence-corrected chi connectivity index (χ4v) is 2.33. The number of nitrogens with one attached hydrogen (secondary N) is 1. The fourth-order valence-electron chi connectivity index (χ4n) is 2.13. The lowest BCUT2D eigenvalue weighted by Crippen LogP contribution is -2.30. The van der Waals surface area contributed by atoms with Crippen molar-refractivity contribution in [2.24, 2.45) is 0 Å². The van der Waals surface area contributed by atoms with Crippen LogP contribution in [0.2, 0.25) is 5.02 Å². The number of aliphatic carboxylic acids is 1. The molecule has 0 aliphatic carbocycles. The smallest absolute Gasteiger partial charge is 0.321 e. The minimum absolute atomic E-state index is 0.0823. The average molecular weight is 326 g/mol. The second kappa shape index (κ2) is 6.65. The van der Waals surface area contributed by atoms with Gasteiger partial charge >= 0.3 is 12.0 Å². The molecule has 0 unspecified atom stereocenters. The van der Waals surface area contributed by atoms with Crippen molar-refractivity contribution < 1.29 is 19.5 Å². The number of benzene rings is 1. The van der Waals surface area contributed by atoms with Crippen LogP contribution in [0.5, 0.6) is 0 Å². The zero-order valence-corrected chi connectivity index (χ0v) is 12.8. The van der Waals surface area contributed by atoms with Crippen LogP contribution >= 0.6 is 11.6 Å². The number of rotatable bonds is 5. The lowest BCUT2D eigenvalue weighted by atomic mass is 10.1. The van der Waals surface area contributed by atoms with Gasteiger partial charge in [-0.1, -0.05) is 11.6 Å². The molecule has 22 heavy (non-hydrogen) atoms. The zero-order valence-electron chi connectivity index (χ0n) is 12.0. The monoisotopic (exact) mass is 325 g/mol. The summed E-state index contributed by atoms with van der Waals surface area (Å²) in [4.78, 5) is 37.4. The first-order valence-corrected chi connectivity index (χ1v) is 7.10. The average Bonchev–Trinajstić information content (AvgIpc) is 2.90. The van der Waals surface area contributed by atoms with E-state index in [-0.39, 0.29) is 35.5 Å². The van der Waals surface area contributed by atoms with E-state index in [2.05, 4.69) is 5.32 Å². The molecule has 118 valence electrons. The third kappa shape index (κ3) is 3.48. The van der Waals surface area contributed by atoms with Gasteiger partial charge in [0, 0.05) is 32.4 Å². The van der Waals surface area contributed by atoms with Gasteiger partial charge in [-0.25, -0.2) is 4.79 Å². The highest BCUT2D eigenvalue weighted by atomic mass is 35.5. The van der Waals surface area contributed by atoms with Crippen LogP contribution in [0.1, 0.15) is 16.8 Å². The van der Waals surface area contributed by atoms with E-state index in [9.17, 15) is 14.4 Å². The van der Waals surface area contributed by atoms with E-state index in [1.807, 2.05) is 0 Å². The minimum atomic E-state index is -0.978. The van der Waals surface area contributed by atoms with E-state index >= 15 is 0 Å². The molecule has 0 aromatic heterocycles. The Morgan fingerprint density at radius 1 is 1.45 bits per heavy atom. The van der Waals surface area contributed by atoms with Crippen LogP contribution in [0, 0.1) is 0 Å². The van der Waals surface area contributed by atoms with Crippen molar-refractivity contribution in [2.45, 2.75) is 6.42 Å². The Balaban J connectivity index is 2.20. The van der Waals surface area contributed by atoms with E-state index in [4.69, 9.17) is 16.7 Å². The summed E-state index contributed by atoms with van der Waals surface area (Å²) < 4.78 is 0. The van der Waals surface area contributed by atoms with Crippen LogP contribution in [0.15, 0.2) is 18.2 Å². The number of carbonyl (C=O) groups excluding carboxylic acids is 2. The minimum Gasteiger partial charge on any atom is -0.481 e. The molecule has 0 bridgehead atoms.